The monoisotopic (exact) mass is 270 g/mol. The molecule has 2 rings (SSSR count). The smallest absolute Gasteiger partial charge is 0.229 e. The lowest BCUT2D eigenvalue weighted by Gasteiger charge is -2.08. The molecule has 2 N–H and O–H groups in total. The fourth-order valence-corrected chi connectivity index (χ4v) is 1.62. The molecule has 1 aromatic carbocycles. The van der Waals surface area contributed by atoms with Gasteiger partial charge in [0.2, 0.25) is 5.95 Å². The van der Waals surface area contributed by atoms with Gasteiger partial charge in [-0.1, -0.05) is 6.08 Å². The van der Waals surface area contributed by atoms with Crippen molar-refractivity contribution in [3.05, 3.63) is 49.2 Å². The Labute approximate surface area is 118 Å². The summed E-state index contributed by atoms with van der Waals surface area (Å²) < 4.78 is 5.40. The van der Waals surface area contributed by atoms with E-state index in [1.807, 2.05) is 37.3 Å². The number of anilines is 3. The van der Waals surface area contributed by atoms with Crippen molar-refractivity contribution in [2.75, 3.05) is 23.8 Å². The molecule has 0 aliphatic carbocycles. The fourth-order valence-electron chi connectivity index (χ4n) is 1.62. The number of rotatable bonds is 7. The maximum atomic E-state index is 5.40. The van der Waals surface area contributed by atoms with Gasteiger partial charge in [-0.25, -0.2) is 4.98 Å². The Kier molecular flexibility index (Phi) is 4.94. The molecule has 5 nitrogen and oxygen atoms in total. The first-order valence-corrected chi connectivity index (χ1v) is 6.49. The molecule has 0 aliphatic rings. The molecule has 0 spiro atoms. The van der Waals surface area contributed by atoms with Crippen LogP contribution in [-0.2, 0) is 0 Å². The SMILES string of the molecule is C=CCNc1ccnc(Nc2ccc(OCC)cc2)n1. The second kappa shape index (κ2) is 7.13. The quantitative estimate of drug-likeness (QED) is 0.756. The summed E-state index contributed by atoms with van der Waals surface area (Å²) in [5, 5.41) is 6.26. The van der Waals surface area contributed by atoms with Crippen LogP contribution >= 0.6 is 0 Å². The molecule has 0 fully saturated rings. The lowest BCUT2D eigenvalue weighted by atomic mass is 10.3. The lowest BCUT2D eigenvalue weighted by molar-refractivity contribution is 0.340. The standard InChI is InChI=1S/C15H18N4O/c1-3-10-16-14-9-11-17-15(19-14)18-12-5-7-13(8-6-12)20-4-2/h3,5-9,11H,1,4,10H2,2H3,(H2,16,17,18,19). The minimum absolute atomic E-state index is 0.545. The van der Waals surface area contributed by atoms with E-state index in [1.165, 1.54) is 0 Å². The number of benzene rings is 1. The van der Waals surface area contributed by atoms with Gasteiger partial charge in [0.05, 0.1) is 6.61 Å². The maximum absolute atomic E-state index is 5.40. The Morgan fingerprint density at radius 1 is 1.25 bits per heavy atom. The number of nitrogens with zero attached hydrogens (tertiary/aromatic N) is 2. The Hall–Kier alpha value is -2.56. The van der Waals surface area contributed by atoms with Crippen molar-refractivity contribution in [2.24, 2.45) is 0 Å². The molecule has 20 heavy (non-hydrogen) atoms. The predicted octanol–water partition coefficient (Wildman–Crippen LogP) is 3.22. The van der Waals surface area contributed by atoms with Crippen LogP contribution in [0.2, 0.25) is 0 Å². The third kappa shape index (κ3) is 3.98. The highest BCUT2D eigenvalue weighted by Gasteiger charge is 2.00. The zero-order valence-electron chi connectivity index (χ0n) is 11.5. The van der Waals surface area contributed by atoms with Crippen LogP contribution in [0.4, 0.5) is 17.5 Å². The van der Waals surface area contributed by atoms with Gasteiger partial charge in [0, 0.05) is 18.4 Å². The second-order valence-corrected chi connectivity index (χ2v) is 4.02. The third-order valence-corrected chi connectivity index (χ3v) is 2.50. The molecule has 0 saturated heterocycles. The zero-order chi connectivity index (χ0) is 14.2. The maximum Gasteiger partial charge on any atom is 0.229 e. The molecule has 0 amide bonds. The summed E-state index contributed by atoms with van der Waals surface area (Å²) in [4.78, 5) is 8.53. The summed E-state index contributed by atoms with van der Waals surface area (Å²) in [6, 6.07) is 9.49. The molecule has 0 saturated carbocycles. The first kappa shape index (κ1) is 13.9. The van der Waals surface area contributed by atoms with Crippen molar-refractivity contribution >= 4 is 17.5 Å². The predicted molar refractivity (Wildman–Crippen MR) is 81.6 cm³/mol. The summed E-state index contributed by atoms with van der Waals surface area (Å²) in [7, 11) is 0. The first-order valence-electron chi connectivity index (χ1n) is 6.49. The largest absolute Gasteiger partial charge is 0.494 e. The molecule has 1 heterocycles. The highest BCUT2D eigenvalue weighted by Crippen LogP contribution is 2.18. The molecule has 0 bridgehead atoms. The van der Waals surface area contributed by atoms with Gasteiger partial charge in [0.25, 0.3) is 0 Å². The van der Waals surface area contributed by atoms with E-state index in [9.17, 15) is 0 Å². The zero-order valence-corrected chi connectivity index (χ0v) is 11.5. The van der Waals surface area contributed by atoms with E-state index < -0.39 is 0 Å². The van der Waals surface area contributed by atoms with E-state index in [0.717, 1.165) is 17.3 Å². The van der Waals surface area contributed by atoms with E-state index in [4.69, 9.17) is 4.74 Å². The number of nitrogens with one attached hydrogen (secondary N) is 2. The van der Waals surface area contributed by atoms with Gasteiger partial charge in [-0.15, -0.1) is 6.58 Å². The molecule has 0 radical (unpaired) electrons. The first-order chi connectivity index (χ1) is 9.81. The average Bonchev–Trinajstić information content (AvgIpc) is 2.48. The minimum atomic E-state index is 0.545. The molecule has 0 aliphatic heterocycles. The van der Waals surface area contributed by atoms with Crippen molar-refractivity contribution < 1.29 is 4.74 Å². The molecular formula is C15H18N4O. The highest BCUT2D eigenvalue weighted by atomic mass is 16.5. The van der Waals surface area contributed by atoms with E-state index in [2.05, 4.69) is 27.2 Å². The molecule has 0 unspecified atom stereocenters. The Morgan fingerprint density at radius 3 is 2.75 bits per heavy atom. The van der Waals surface area contributed by atoms with Crippen LogP contribution in [0.5, 0.6) is 5.75 Å². The van der Waals surface area contributed by atoms with Gasteiger partial charge in [-0.3, -0.25) is 0 Å². The van der Waals surface area contributed by atoms with Crippen LogP contribution in [0.3, 0.4) is 0 Å². The third-order valence-electron chi connectivity index (χ3n) is 2.50. The van der Waals surface area contributed by atoms with Crippen molar-refractivity contribution in [1.29, 1.82) is 0 Å². The summed E-state index contributed by atoms with van der Waals surface area (Å²) in [6.07, 6.45) is 3.48. The number of aromatic nitrogens is 2. The molecular weight excluding hydrogens is 252 g/mol. The van der Waals surface area contributed by atoms with Crippen LogP contribution in [0, 0.1) is 0 Å². The molecule has 1 aromatic heterocycles. The molecule has 2 aromatic rings. The van der Waals surface area contributed by atoms with Gasteiger partial charge in [0.15, 0.2) is 0 Å². The average molecular weight is 270 g/mol. The van der Waals surface area contributed by atoms with Crippen molar-refractivity contribution in [1.82, 2.24) is 9.97 Å². The Balaban J connectivity index is 2.03. The summed E-state index contributed by atoms with van der Waals surface area (Å²) in [5.41, 5.74) is 0.911. The molecule has 5 heteroatoms. The molecule has 0 atom stereocenters. The second-order valence-electron chi connectivity index (χ2n) is 4.02. The van der Waals surface area contributed by atoms with Crippen LogP contribution in [0.25, 0.3) is 0 Å². The van der Waals surface area contributed by atoms with Crippen LogP contribution in [-0.4, -0.2) is 23.1 Å². The minimum Gasteiger partial charge on any atom is -0.494 e. The van der Waals surface area contributed by atoms with E-state index in [-0.39, 0.29) is 0 Å². The number of hydrogen-bond donors (Lipinski definition) is 2. The fraction of sp³-hybridized carbons (Fsp3) is 0.200. The van der Waals surface area contributed by atoms with Gasteiger partial charge in [-0.2, -0.15) is 4.98 Å². The van der Waals surface area contributed by atoms with Crippen molar-refractivity contribution in [3.63, 3.8) is 0 Å². The normalized spacial score (nSPS) is 9.85. The van der Waals surface area contributed by atoms with Gasteiger partial charge in [-0.05, 0) is 37.3 Å². The van der Waals surface area contributed by atoms with Crippen molar-refractivity contribution in [2.45, 2.75) is 6.92 Å². The summed E-state index contributed by atoms with van der Waals surface area (Å²) in [6.45, 7) is 6.94. The number of ether oxygens (including phenoxy) is 1. The van der Waals surface area contributed by atoms with E-state index >= 15 is 0 Å². The van der Waals surface area contributed by atoms with Gasteiger partial charge < -0.3 is 15.4 Å². The lowest BCUT2D eigenvalue weighted by Crippen LogP contribution is -2.03. The van der Waals surface area contributed by atoms with E-state index in [1.54, 1.807) is 12.3 Å². The summed E-state index contributed by atoms with van der Waals surface area (Å²) >= 11 is 0. The van der Waals surface area contributed by atoms with Crippen LogP contribution < -0.4 is 15.4 Å². The van der Waals surface area contributed by atoms with Crippen LogP contribution in [0.15, 0.2) is 49.2 Å². The van der Waals surface area contributed by atoms with Crippen molar-refractivity contribution in [3.8, 4) is 5.75 Å². The highest BCUT2D eigenvalue weighted by molar-refractivity contribution is 5.55. The summed E-state index contributed by atoms with van der Waals surface area (Å²) in [5.74, 6) is 2.15. The Morgan fingerprint density at radius 2 is 2.05 bits per heavy atom. The van der Waals surface area contributed by atoms with Gasteiger partial charge >= 0.3 is 0 Å². The van der Waals surface area contributed by atoms with E-state index in [0.29, 0.717) is 19.1 Å². The molecule has 104 valence electrons. The number of hydrogen-bond acceptors (Lipinski definition) is 5. The van der Waals surface area contributed by atoms with Crippen LogP contribution in [0.1, 0.15) is 6.92 Å². The topological polar surface area (TPSA) is 59.1 Å². The van der Waals surface area contributed by atoms with Gasteiger partial charge in [0.1, 0.15) is 11.6 Å². The Bertz CT molecular complexity index is 554.